The fourth-order valence-electron chi connectivity index (χ4n) is 2.21. The van der Waals surface area contributed by atoms with Gasteiger partial charge in [-0.2, -0.15) is 0 Å². The summed E-state index contributed by atoms with van der Waals surface area (Å²) in [5, 5.41) is 4.84. The Kier molecular flexibility index (Phi) is 4.60. The smallest absolute Gasteiger partial charge is 0.313 e. The lowest BCUT2D eigenvalue weighted by molar-refractivity contribution is -0.136. The van der Waals surface area contributed by atoms with Crippen LogP contribution in [0.15, 0.2) is 42.5 Å². The molecular weight excluding hydrogens is 315 g/mol. The lowest BCUT2D eigenvalue weighted by Crippen LogP contribution is -2.35. The average Bonchev–Trinajstić information content (AvgIpc) is 2.60. The van der Waals surface area contributed by atoms with Gasteiger partial charge in [-0.05, 0) is 18.2 Å². The van der Waals surface area contributed by atoms with Crippen LogP contribution >= 0.6 is 0 Å². The maximum Gasteiger partial charge on any atom is 0.313 e. The minimum absolute atomic E-state index is 0.0694. The second-order valence-electron chi connectivity index (χ2n) is 5.09. The third-order valence-electron chi connectivity index (χ3n) is 3.40. The first-order valence-electron chi connectivity index (χ1n) is 7.36. The van der Waals surface area contributed by atoms with E-state index in [4.69, 9.17) is 9.47 Å². The lowest BCUT2D eigenvalue weighted by Gasteiger charge is -2.18. The van der Waals surface area contributed by atoms with E-state index in [2.05, 4.69) is 10.6 Å². The van der Waals surface area contributed by atoms with Crippen molar-refractivity contribution in [1.82, 2.24) is 5.32 Å². The molecule has 2 amide bonds. The van der Waals surface area contributed by atoms with E-state index in [-0.39, 0.29) is 6.54 Å². The molecule has 2 aromatic carbocycles. The zero-order valence-electron chi connectivity index (χ0n) is 12.7. The summed E-state index contributed by atoms with van der Waals surface area (Å²) in [7, 11) is 0. The van der Waals surface area contributed by atoms with Gasteiger partial charge in [-0.15, -0.1) is 0 Å². The van der Waals surface area contributed by atoms with Crippen LogP contribution in [0, 0.1) is 5.82 Å². The van der Waals surface area contributed by atoms with Gasteiger partial charge in [0.2, 0.25) is 0 Å². The number of ether oxygens (including phenoxy) is 2. The lowest BCUT2D eigenvalue weighted by atomic mass is 10.2. The Morgan fingerprint density at radius 1 is 1.00 bits per heavy atom. The number of nitrogens with one attached hydrogen (secondary N) is 2. The van der Waals surface area contributed by atoms with Gasteiger partial charge in [0.15, 0.2) is 11.5 Å². The van der Waals surface area contributed by atoms with E-state index >= 15 is 0 Å². The van der Waals surface area contributed by atoms with Crippen molar-refractivity contribution >= 4 is 17.5 Å². The normalized spacial score (nSPS) is 12.4. The highest BCUT2D eigenvalue weighted by molar-refractivity contribution is 6.39. The van der Waals surface area contributed by atoms with Crippen LogP contribution < -0.4 is 20.1 Å². The Labute approximate surface area is 137 Å². The molecule has 1 heterocycles. The fraction of sp³-hybridized carbons (Fsp3) is 0.176. The number of hydrogen-bond acceptors (Lipinski definition) is 4. The quantitative estimate of drug-likeness (QED) is 0.842. The Morgan fingerprint density at radius 3 is 2.54 bits per heavy atom. The summed E-state index contributed by atoms with van der Waals surface area (Å²) in [6.45, 7) is 0.824. The summed E-state index contributed by atoms with van der Waals surface area (Å²) in [6.07, 6.45) is 0. The number of halogens is 1. The van der Waals surface area contributed by atoms with Crippen LogP contribution in [0.5, 0.6) is 11.5 Å². The Hall–Kier alpha value is -3.09. The number of hydrogen-bond donors (Lipinski definition) is 2. The molecule has 1 aliphatic rings. The number of carbonyl (C=O) groups excluding carboxylic acids is 2. The molecule has 0 bridgehead atoms. The van der Waals surface area contributed by atoms with Gasteiger partial charge in [0.1, 0.15) is 19.0 Å². The predicted molar refractivity (Wildman–Crippen MR) is 84.3 cm³/mol. The van der Waals surface area contributed by atoms with Gasteiger partial charge in [-0.3, -0.25) is 9.59 Å². The molecule has 0 saturated heterocycles. The molecule has 1 aliphatic heterocycles. The highest BCUT2D eigenvalue weighted by atomic mass is 19.1. The SMILES string of the molecule is O=C(NCc1ccccc1F)C(=O)Nc1ccc2c(c1)OCCO2. The van der Waals surface area contributed by atoms with E-state index in [0.717, 1.165) is 0 Å². The van der Waals surface area contributed by atoms with Crippen molar-refractivity contribution in [3.8, 4) is 11.5 Å². The molecule has 7 heteroatoms. The van der Waals surface area contributed by atoms with Gasteiger partial charge in [-0.25, -0.2) is 4.39 Å². The third kappa shape index (κ3) is 3.62. The number of rotatable bonds is 3. The first-order chi connectivity index (χ1) is 11.6. The van der Waals surface area contributed by atoms with Crippen molar-refractivity contribution in [2.24, 2.45) is 0 Å². The highest BCUT2D eigenvalue weighted by Gasteiger charge is 2.16. The molecule has 0 aromatic heterocycles. The van der Waals surface area contributed by atoms with Crippen molar-refractivity contribution in [3.63, 3.8) is 0 Å². The van der Waals surface area contributed by atoms with Gasteiger partial charge < -0.3 is 20.1 Å². The molecule has 24 heavy (non-hydrogen) atoms. The van der Waals surface area contributed by atoms with Crippen molar-refractivity contribution in [2.75, 3.05) is 18.5 Å². The van der Waals surface area contributed by atoms with Gasteiger partial charge in [0, 0.05) is 23.9 Å². The average molecular weight is 330 g/mol. The van der Waals surface area contributed by atoms with Crippen LogP contribution in [-0.2, 0) is 16.1 Å². The van der Waals surface area contributed by atoms with Gasteiger partial charge >= 0.3 is 11.8 Å². The van der Waals surface area contributed by atoms with Crippen LogP contribution in [0.25, 0.3) is 0 Å². The van der Waals surface area contributed by atoms with E-state index < -0.39 is 17.6 Å². The zero-order valence-corrected chi connectivity index (χ0v) is 12.7. The monoisotopic (exact) mass is 330 g/mol. The number of carbonyl (C=O) groups is 2. The van der Waals surface area contributed by atoms with Crippen molar-refractivity contribution < 1.29 is 23.5 Å². The topological polar surface area (TPSA) is 76.7 Å². The Balaban J connectivity index is 1.58. The van der Waals surface area contributed by atoms with Crippen molar-refractivity contribution in [1.29, 1.82) is 0 Å². The van der Waals surface area contributed by atoms with E-state index in [1.54, 1.807) is 30.3 Å². The second kappa shape index (κ2) is 6.99. The van der Waals surface area contributed by atoms with E-state index in [1.165, 1.54) is 12.1 Å². The zero-order chi connectivity index (χ0) is 16.9. The van der Waals surface area contributed by atoms with Crippen molar-refractivity contribution in [2.45, 2.75) is 6.54 Å². The fourth-order valence-corrected chi connectivity index (χ4v) is 2.21. The molecule has 3 rings (SSSR count). The van der Waals surface area contributed by atoms with Crippen LogP contribution in [0.2, 0.25) is 0 Å². The summed E-state index contributed by atoms with van der Waals surface area (Å²) in [5.41, 5.74) is 0.711. The van der Waals surface area contributed by atoms with E-state index in [9.17, 15) is 14.0 Å². The number of fused-ring (bicyclic) bond motifs is 1. The van der Waals surface area contributed by atoms with E-state index in [0.29, 0.717) is 36.0 Å². The maximum atomic E-state index is 13.5. The van der Waals surface area contributed by atoms with Crippen LogP contribution in [0.4, 0.5) is 10.1 Å². The van der Waals surface area contributed by atoms with Crippen molar-refractivity contribution in [3.05, 3.63) is 53.8 Å². The van der Waals surface area contributed by atoms with Crippen LogP contribution in [0.1, 0.15) is 5.56 Å². The molecule has 0 unspecified atom stereocenters. The van der Waals surface area contributed by atoms with Gasteiger partial charge in [0.25, 0.3) is 0 Å². The largest absolute Gasteiger partial charge is 0.486 e. The minimum atomic E-state index is -0.854. The Bertz CT molecular complexity index is 779. The number of anilines is 1. The maximum absolute atomic E-state index is 13.5. The molecule has 0 fully saturated rings. The summed E-state index contributed by atoms with van der Waals surface area (Å²) in [4.78, 5) is 23.7. The molecule has 124 valence electrons. The molecular formula is C17H15FN2O4. The van der Waals surface area contributed by atoms with Gasteiger partial charge in [-0.1, -0.05) is 18.2 Å². The minimum Gasteiger partial charge on any atom is -0.486 e. The second-order valence-corrected chi connectivity index (χ2v) is 5.09. The molecule has 2 aromatic rings. The first-order valence-corrected chi connectivity index (χ1v) is 7.36. The van der Waals surface area contributed by atoms with Gasteiger partial charge in [0.05, 0.1) is 0 Å². The summed E-state index contributed by atoms with van der Waals surface area (Å²) >= 11 is 0. The van der Waals surface area contributed by atoms with Crippen LogP contribution in [0.3, 0.4) is 0 Å². The number of amides is 2. The molecule has 0 spiro atoms. The molecule has 0 saturated carbocycles. The molecule has 2 N–H and O–H groups in total. The number of benzene rings is 2. The molecule has 0 radical (unpaired) electrons. The van der Waals surface area contributed by atoms with Crippen LogP contribution in [-0.4, -0.2) is 25.0 Å². The van der Waals surface area contributed by atoms with E-state index in [1.807, 2.05) is 0 Å². The third-order valence-corrected chi connectivity index (χ3v) is 3.40. The summed E-state index contributed by atoms with van der Waals surface area (Å²) < 4.78 is 24.3. The molecule has 0 aliphatic carbocycles. The molecule has 6 nitrogen and oxygen atoms in total. The summed E-state index contributed by atoms with van der Waals surface area (Å²) in [6, 6.07) is 10.9. The molecule has 0 atom stereocenters. The Morgan fingerprint density at radius 2 is 1.75 bits per heavy atom. The summed E-state index contributed by atoms with van der Waals surface area (Å²) in [5.74, 6) is -1.05. The standard InChI is InChI=1S/C17H15FN2O4/c18-13-4-2-1-3-11(13)10-19-16(21)17(22)20-12-5-6-14-15(9-12)24-8-7-23-14/h1-6,9H,7-8,10H2,(H,19,21)(H,20,22). The predicted octanol–water partition coefficient (Wildman–Crippen LogP) is 1.85. The highest BCUT2D eigenvalue weighted by Crippen LogP contribution is 2.32. The first kappa shape index (κ1) is 15.8.